The molecule has 7 heteroatoms. The molecule has 0 aliphatic heterocycles. The minimum absolute atomic E-state index is 0.0532. The van der Waals surface area contributed by atoms with Crippen molar-refractivity contribution in [3.8, 4) is 5.75 Å². The largest absolute Gasteiger partial charge is 0.487 e. The predicted octanol–water partition coefficient (Wildman–Crippen LogP) is 3.11. The third-order valence-corrected chi connectivity index (χ3v) is 3.02. The van der Waals surface area contributed by atoms with E-state index >= 15 is 0 Å². The maximum Gasteiger partial charge on any atom is 0.272 e. The average molecular weight is 294 g/mol. The van der Waals surface area contributed by atoms with Crippen LogP contribution in [0.1, 0.15) is 11.3 Å². The molecular weight excluding hydrogens is 282 g/mol. The van der Waals surface area contributed by atoms with Gasteiger partial charge in [0.15, 0.2) is 0 Å². The Bertz CT molecular complexity index is 661. The van der Waals surface area contributed by atoms with E-state index in [9.17, 15) is 10.1 Å². The lowest BCUT2D eigenvalue weighted by atomic mass is 10.2. The van der Waals surface area contributed by atoms with E-state index in [-0.39, 0.29) is 12.3 Å². The summed E-state index contributed by atoms with van der Waals surface area (Å²) in [4.78, 5) is 14.4. The molecule has 0 spiro atoms. The fourth-order valence-corrected chi connectivity index (χ4v) is 1.84. The van der Waals surface area contributed by atoms with Crippen LogP contribution >= 0.6 is 11.6 Å². The van der Waals surface area contributed by atoms with E-state index in [1.54, 1.807) is 25.1 Å². The molecule has 20 heavy (non-hydrogen) atoms. The van der Waals surface area contributed by atoms with Crippen LogP contribution in [0.25, 0.3) is 0 Å². The number of halogens is 1. The van der Waals surface area contributed by atoms with E-state index in [4.69, 9.17) is 22.1 Å². The molecule has 1 aromatic carbocycles. The highest BCUT2D eigenvalue weighted by atomic mass is 35.5. The van der Waals surface area contributed by atoms with Crippen LogP contribution in [0, 0.1) is 17.0 Å². The molecule has 6 nitrogen and oxygen atoms in total. The minimum atomic E-state index is -0.435. The van der Waals surface area contributed by atoms with Gasteiger partial charge in [-0.05, 0) is 31.2 Å². The topological polar surface area (TPSA) is 91.3 Å². The molecule has 0 unspecified atom stereocenters. The van der Waals surface area contributed by atoms with Crippen LogP contribution in [0.4, 0.5) is 11.5 Å². The summed E-state index contributed by atoms with van der Waals surface area (Å²) in [6.45, 7) is 1.79. The first kappa shape index (κ1) is 14.1. The van der Waals surface area contributed by atoms with Crippen molar-refractivity contribution in [3.05, 3.63) is 56.7 Å². The third kappa shape index (κ3) is 3.16. The molecule has 1 heterocycles. The van der Waals surface area contributed by atoms with Crippen molar-refractivity contribution < 1.29 is 9.66 Å². The molecule has 0 amide bonds. The lowest BCUT2D eigenvalue weighted by Gasteiger charge is -2.08. The Morgan fingerprint density at radius 2 is 2.15 bits per heavy atom. The number of aryl methyl sites for hydroxylation is 1. The van der Waals surface area contributed by atoms with Crippen molar-refractivity contribution >= 4 is 23.1 Å². The summed E-state index contributed by atoms with van der Waals surface area (Å²) in [5.74, 6) is 0.862. The number of nitro groups is 1. The van der Waals surface area contributed by atoms with Gasteiger partial charge in [-0.1, -0.05) is 11.6 Å². The van der Waals surface area contributed by atoms with Crippen molar-refractivity contribution in [1.82, 2.24) is 4.98 Å². The van der Waals surface area contributed by atoms with Crippen LogP contribution in [0.5, 0.6) is 5.75 Å². The Balaban J connectivity index is 2.13. The van der Waals surface area contributed by atoms with Gasteiger partial charge in [-0.15, -0.1) is 0 Å². The van der Waals surface area contributed by atoms with E-state index in [0.717, 1.165) is 0 Å². The van der Waals surface area contributed by atoms with Crippen molar-refractivity contribution in [3.63, 3.8) is 0 Å². The highest BCUT2D eigenvalue weighted by Gasteiger charge is 2.11. The van der Waals surface area contributed by atoms with Crippen LogP contribution < -0.4 is 10.5 Å². The smallest absolute Gasteiger partial charge is 0.272 e. The molecule has 2 N–H and O–H groups in total. The number of benzene rings is 1. The number of rotatable bonds is 4. The molecule has 2 rings (SSSR count). The second-order valence-electron chi connectivity index (χ2n) is 4.16. The molecule has 0 aliphatic rings. The van der Waals surface area contributed by atoms with Gasteiger partial charge in [-0.25, -0.2) is 4.98 Å². The fraction of sp³-hybridized carbons (Fsp3) is 0.154. The number of nitro benzene ring substituents is 1. The van der Waals surface area contributed by atoms with E-state index in [1.165, 1.54) is 12.1 Å². The van der Waals surface area contributed by atoms with Crippen molar-refractivity contribution in [2.75, 3.05) is 5.73 Å². The molecule has 0 saturated carbocycles. The van der Waals surface area contributed by atoms with E-state index in [2.05, 4.69) is 4.98 Å². The number of aromatic nitrogens is 1. The number of nitrogens with two attached hydrogens (primary N) is 1. The highest BCUT2D eigenvalue weighted by Crippen LogP contribution is 2.24. The molecule has 0 fully saturated rings. The number of nitrogens with zero attached hydrogens (tertiary/aromatic N) is 2. The van der Waals surface area contributed by atoms with Gasteiger partial charge in [-0.2, -0.15) is 0 Å². The number of ether oxygens (including phenoxy) is 1. The summed E-state index contributed by atoms with van der Waals surface area (Å²) in [5, 5.41) is 11.2. The zero-order valence-corrected chi connectivity index (χ0v) is 11.4. The number of hydrogen-bond donors (Lipinski definition) is 1. The van der Waals surface area contributed by atoms with Gasteiger partial charge in [0.1, 0.15) is 18.2 Å². The number of pyridine rings is 1. The Hall–Kier alpha value is -2.34. The van der Waals surface area contributed by atoms with Gasteiger partial charge in [0.05, 0.1) is 15.6 Å². The zero-order chi connectivity index (χ0) is 14.7. The number of hydrogen-bond acceptors (Lipinski definition) is 5. The molecular formula is C13H12ClN3O3. The molecule has 0 atom stereocenters. The summed E-state index contributed by atoms with van der Waals surface area (Å²) in [6.07, 6.45) is 0. The lowest BCUT2D eigenvalue weighted by Crippen LogP contribution is -2.02. The molecule has 2 aromatic rings. The second kappa shape index (κ2) is 5.75. The van der Waals surface area contributed by atoms with E-state index < -0.39 is 4.92 Å². The van der Waals surface area contributed by atoms with Crippen LogP contribution in [-0.4, -0.2) is 9.91 Å². The van der Waals surface area contributed by atoms with Crippen LogP contribution in [0.3, 0.4) is 0 Å². The van der Waals surface area contributed by atoms with Gasteiger partial charge in [-0.3, -0.25) is 10.1 Å². The minimum Gasteiger partial charge on any atom is -0.487 e. The number of anilines is 1. The first-order valence-electron chi connectivity index (χ1n) is 5.76. The Morgan fingerprint density at radius 3 is 2.80 bits per heavy atom. The molecule has 0 radical (unpaired) electrons. The fourth-order valence-electron chi connectivity index (χ4n) is 1.68. The van der Waals surface area contributed by atoms with Crippen LogP contribution in [-0.2, 0) is 6.61 Å². The third-order valence-electron chi connectivity index (χ3n) is 2.68. The van der Waals surface area contributed by atoms with Gasteiger partial charge in [0, 0.05) is 11.6 Å². The molecule has 0 aliphatic carbocycles. The van der Waals surface area contributed by atoms with Gasteiger partial charge < -0.3 is 10.5 Å². The van der Waals surface area contributed by atoms with Crippen LogP contribution in [0.2, 0.25) is 5.02 Å². The summed E-state index contributed by atoms with van der Waals surface area (Å²) in [5.41, 5.74) is 6.67. The highest BCUT2D eigenvalue weighted by molar-refractivity contribution is 6.31. The normalized spacial score (nSPS) is 10.3. The van der Waals surface area contributed by atoms with E-state index in [1.807, 2.05) is 0 Å². The molecule has 0 saturated heterocycles. The monoisotopic (exact) mass is 293 g/mol. The van der Waals surface area contributed by atoms with Gasteiger partial charge in [0.2, 0.25) is 0 Å². The molecule has 0 bridgehead atoms. The number of nitrogen functional groups attached to an aromatic ring is 1. The van der Waals surface area contributed by atoms with Gasteiger partial charge in [0.25, 0.3) is 5.69 Å². The second-order valence-corrected chi connectivity index (χ2v) is 4.57. The standard InChI is InChI=1S/C13H12ClN3O3/c1-8-6-9(2-4-12(8)17(18)19)20-7-11-10(14)3-5-13(15)16-11/h2-6H,7H2,1H3,(H2,15,16). The Kier molecular flexibility index (Phi) is 4.05. The SMILES string of the molecule is Cc1cc(OCc2nc(N)ccc2Cl)ccc1[N+](=O)[O-]. The van der Waals surface area contributed by atoms with Crippen molar-refractivity contribution in [2.24, 2.45) is 0 Å². The Labute approximate surface area is 120 Å². The maximum absolute atomic E-state index is 10.7. The summed E-state index contributed by atoms with van der Waals surface area (Å²) in [7, 11) is 0. The average Bonchev–Trinajstić information content (AvgIpc) is 2.39. The zero-order valence-electron chi connectivity index (χ0n) is 10.7. The lowest BCUT2D eigenvalue weighted by molar-refractivity contribution is -0.385. The quantitative estimate of drug-likeness (QED) is 0.691. The van der Waals surface area contributed by atoms with Crippen molar-refractivity contribution in [2.45, 2.75) is 13.5 Å². The maximum atomic E-state index is 10.7. The predicted molar refractivity (Wildman–Crippen MR) is 75.8 cm³/mol. The summed E-state index contributed by atoms with van der Waals surface area (Å²) in [6, 6.07) is 7.77. The first-order chi connectivity index (χ1) is 9.47. The van der Waals surface area contributed by atoms with Crippen LogP contribution in [0.15, 0.2) is 30.3 Å². The summed E-state index contributed by atoms with van der Waals surface area (Å²) >= 11 is 5.97. The van der Waals surface area contributed by atoms with E-state index in [0.29, 0.717) is 27.8 Å². The molecule has 1 aromatic heterocycles. The summed E-state index contributed by atoms with van der Waals surface area (Å²) < 4.78 is 5.52. The molecule has 104 valence electrons. The van der Waals surface area contributed by atoms with Gasteiger partial charge >= 0.3 is 0 Å². The Morgan fingerprint density at radius 1 is 1.40 bits per heavy atom. The first-order valence-corrected chi connectivity index (χ1v) is 6.14. The van der Waals surface area contributed by atoms with Crippen molar-refractivity contribution in [1.29, 1.82) is 0 Å².